The number of fused-ring (bicyclic) bond motifs is 1. The third kappa shape index (κ3) is 2.95. The van der Waals surface area contributed by atoms with Crippen molar-refractivity contribution in [3.05, 3.63) is 36.3 Å². The molecule has 4 rings (SSSR count). The van der Waals surface area contributed by atoms with Crippen LogP contribution in [0.15, 0.2) is 24.9 Å². The second-order valence-corrected chi connectivity index (χ2v) is 6.95. The highest BCUT2D eigenvalue weighted by Gasteiger charge is 2.40. The molecule has 2 aliphatic heterocycles. The van der Waals surface area contributed by atoms with E-state index in [1.807, 2.05) is 19.4 Å². The number of rotatable bonds is 4. The number of hydrogen-bond donors (Lipinski definition) is 0. The molecule has 0 N–H and O–H groups in total. The summed E-state index contributed by atoms with van der Waals surface area (Å²) in [4.78, 5) is 17.9. The summed E-state index contributed by atoms with van der Waals surface area (Å²) in [6.45, 7) is 7.85. The predicted octanol–water partition coefficient (Wildman–Crippen LogP) is 1.13. The quantitative estimate of drug-likeness (QED) is 0.847. The van der Waals surface area contributed by atoms with Crippen LogP contribution in [0, 0.1) is 18.8 Å². The average molecular weight is 312 g/mol. The fraction of sp³-hybridized carbons (Fsp3) is 0.588. The number of likely N-dealkylation sites (tertiary alicyclic amines) is 1. The first-order chi connectivity index (χ1) is 11.2. The van der Waals surface area contributed by atoms with E-state index < -0.39 is 0 Å². The highest BCUT2D eigenvalue weighted by molar-refractivity contribution is 5.40. The summed E-state index contributed by atoms with van der Waals surface area (Å²) in [7, 11) is 2.07. The Kier molecular flexibility index (Phi) is 3.77. The normalized spacial score (nSPS) is 24.3. The zero-order valence-electron chi connectivity index (χ0n) is 13.9. The molecule has 0 aliphatic carbocycles. The topological polar surface area (TPSA) is 50.1 Å². The van der Waals surface area contributed by atoms with Crippen molar-refractivity contribution in [3.63, 3.8) is 0 Å². The molecule has 6 nitrogen and oxygen atoms in total. The highest BCUT2D eigenvalue weighted by atomic mass is 15.3. The Bertz CT molecular complexity index is 667. The molecule has 4 heterocycles. The number of aryl methyl sites for hydroxylation is 2. The maximum Gasteiger partial charge on any atom is 0.132 e. The van der Waals surface area contributed by atoms with Gasteiger partial charge in [-0.2, -0.15) is 0 Å². The van der Waals surface area contributed by atoms with Crippen molar-refractivity contribution in [2.75, 3.05) is 37.6 Å². The Morgan fingerprint density at radius 3 is 2.57 bits per heavy atom. The summed E-state index contributed by atoms with van der Waals surface area (Å²) >= 11 is 0. The number of hydrogen-bond acceptors (Lipinski definition) is 5. The number of imidazole rings is 1. The smallest absolute Gasteiger partial charge is 0.132 e. The van der Waals surface area contributed by atoms with Crippen molar-refractivity contribution in [1.82, 2.24) is 24.4 Å². The van der Waals surface area contributed by atoms with E-state index in [4.69, 9.17) is 0 Å². The minimum atomic E-state index is 0.775. The first kappa shape index (κ1) is 14.6. The van der Waals surface area contributed by atoms with E-state index >= 15 is 0 Å². The van der Waals surface area contributed by atoms with Gasteiger partial charge in [0.15, 0.2) is 0 Å². The summed E-state index contributed by atoms with van der Waals surface area (Å²) in [5.74, 6) is 2.64. The molecule has 2 aliphatic rings. The van der Waals surface area contributed by atoms with Crippen LogP contribution in [0.5, 0.6) is 0 Å². The molecule has 2 aromatic heterocycles. The Hall–Kier alpha value is -1.95. The molecule has 122 valence electrons. The molecule has 2 aromatic rings. The Balaban J connectivity index is 1.32. The Morgan fingerprint density at radius 1 is 1.13 bits per heavy atom. The maximum atomic E-state index is 4.44. The number of anilines is 1. The van der Waals surface area contributed by atoms with Gasteiger partial charge < -0.3 is 14.4 Å². The second kappa shape index (κ2) is 5.92. The van der Waals surface area contributed by atoms with Gasteiger partial charge in [0.2, 0.25) is 0 Å². The Labute approximate surface area is 137 Å². The second-order valence-electron chi connectivity index (χ2n) is 6.95. The zero-order chi connectivity index (χ0) is 15.8. The van der Waals surface area contributed by atoms with Gasteiger partial charge in [0, 0.05) is 69.8 Å². The molecule has 0 amide bonds. The molecule has 2 unspecified atom stereocenters. The lowest BCUT2D eigenvalue weighted by atomic mass is 10.0. The van der Waals surface area contributed by atoms with Gasteiger partial charge in [0.25, 0.3) is 0 Å². The monoisotopic (exact) mass is 312 g/mol. The van der Waals surface area contributed by atoms with Crippen molar-refractivity contribution < 1.29 is 0 Å². The minimum Gasteiger partial charge on any atom is -0.356 e. The van der Waals surface area contributed by atoms with Crippen LogP contribution in [0.1, 0.15) is 11.4 Å². The van der Waals surface area contributed by atoms with Crippen LogP contribution >= 0.6 is 0 Å². The van der Waals surface area contributed by atoms with Gasteiger partial charge in [-0.3, -0.25) is 0 Å². The van der Waals surface area contributed by atoms with Gasteiger partial charge >= 0.3 is 0 Å². The molecule has 2 saturated heterocycles. The first-order valence-corrected chi connectivity index (χ1v) is 8.40. The fourth-order valence-corrected chi connectivity index (χ4v) is 3.97. The molecule has 2 atom stereocenters. The van der Waals surface area contributed by atoms with Gasteiger partial charge in [-0.25, -0.2) is 15.0 Å². The molecule has 23 heavy (non-hydrogen) atoms. The first-order valence-electron chi connectivity index (χ1n) is 8.40. The molecule has 0 spiro atoms. The lowest BCUT2D eigenvalue weighted by molar-refractivity contribution is 0.318. The van der Waals surface area contributed by atoms with E-state index in [1.54, 1.807) is 6.33 Å². The SMILES string of the molecule is Cc1cc(N2CC3CN(CCc4cncn4C)CC3C2)ncn1. The van der Waals surface area contributed by atoms with Crippen LogP contribution in [0.25, 0.3) is 0 Å². The van der Waals surface area contributed by atoms with E-state index in [2.05, 4.69) is 42.4 Å². The number of nitrogens with zero attached hydrogens (tertiary/aromatic N) is 6. The molecule has 0 aromatic carbocycles. The van der Waals surface area contributed by atoms with Crippen molar-refractivity contribution >= 4 is 5.82 Å². The van der Waals surface area contributed by atoms with E-state index in [0.717, 1.165) is 49.4 Å². The van der Waals surface area contributed by atoms with E-state index in [9.17, 15) is 0 Å². The van der Waals surface area contributed by atoms with Crippen molar-refractivity contribution in [1.29, 1.82) is 0 Å². The molecule has 6 heteroatoms. The summed E-state index contributed by atoms with van der Waals surface area (Å²) in [6.07, 6.45) is 6.63. The van der Waals surface area contributed by atoms with E-state index in [1.165, 1.54) is 18.8 Å². The van der Waals surface area contributed by atoms with Crippen molar-refractivity contribution in [2.24, 2.45) is 18.9 Å². The van der Waals surface area contributed by atoms with Crippen LogP contribution in [0.2, 0.25) is 0 Å². The molecule has 0 saturated carbocycles. The summed E-state index contributed by atoms with van der Waals surface area (Å²) < 4.78 is 2.12. The maximum absolute atomic E-state index is 4.44. The van der Waals surface area contributed by atoms with Crippen molar-refractivity contribution in [3.8, 4) is 0 Å². The van der Waals surface area contributed by atoms with Crippen LogP contribution in [0.3, 0.4) is 0 Å². The van der Waals surface area contributed by atoms with Crippen molar-refractivity contribution in [2.45, 2.75) is 13.3 Å². The van der Waals surface area contributed by atoms with Gasteiger partial charge in [0.1, 0.15) is 12.1 Å². The largest absolute Gasteiger partial charge is 0.356 e. The molecular formula is C17H24N6. The molecule has 0 bridgehead atoms. The minimum absolute atomic E-state index is 0.775. The molecule has 0 radical (unpaired) electrons. The average Bonchev–Trinajstić information content (AvgIpc) is 3.19. The van der Waals surface area contributed by atoms with Gasteiger partial charge in [-0.1, -0.05) is 0 Å². The van der Waals surface area contributed by atoms with Crippen LogP contribution in [-0.2, 0) is 13.5 Å². The highest BCUT2D eigenvalue weighted by Crippen LogP contribution is 2.33. The van der Waals surface area contributed by atoms with Gasteiger partial charge in [-0.05, 0) is 18.8 Å². The lowest BCUT2D eigenvalue weighted by Crippen LogP contribution is -2.30. The molecular weight excluding hydrogens is 288 g/mol. The standard InChI is InChI=1S/C17H24N6/c1-13-5-17(20-11-19-13)23-9-14-7-22(8-15(14)10-23)4-3-16-6-18-12-21(16)2/h5-6,11-12,14-15H,3-4,7-10H2,1-2H3. The van der Waals surface area contributed by atoms with Crippen LogP contribution < -0.4 is 4.90 Å². The summed E-state index contributed by atoms with van der Waals surface area (Å²) in [5.41, 5.74) is 2.37. The predicted molar refractivity (Wildman–Crippen MR) is 89.3 cm³/mol. The third-order valence-corrected chi connectivity index (χ3v) is 5.28. The fourth-order valence-electron chi connectivity index (χ4n) is 3.97. The van der Waals surface area contributed by atoms with Crippen LogP contribution in [0.4, 0.5) is 5.82 Å². The van der Waals surface area contributed by atoms with Gasteiger partial charge in [-0.15, -0.1) is 0 Å². The van der Waals surface area contributed by atoms with E-state index in [0.29, 0.717) is 0 Å². The third-order valence-electron chi connectivity index (χ3n) is 5.28. The summed E-state index contributed by atoms with van der Waals surface area (Å²) in [6, 6.07) is 2.10. The lowest BCUT2D eigenvalue weighted by Gasteiger charge is -2.22. The zero-order valence-corrected chi connectivity index (χ0v) is 13.9. The Morgan fingerprint density at radius 2 is 1.91 bits per heavy atom. The van der Waals surface area contributed by atoms with E-state index in [-0.39, 0.29) is 0 Å². The molecule has 2 fully saturated rings. The summed E-state index contributed by atoms with van der Waals surface area (Å²) in [5, 5.41) is 0. The van der Waals surface area contributed by atoms with Crippen LogP contribution in [-0.4, -0.2) is 57.1 Å². The number of aromatic nitrogens is 4. The van der Waals surface area contributed by atoms with Gasteiger partial charge in [0.05, 0.1) is 6.33 Å².